The van der Waals surface area contributed by atoms with Crippen molar-refractivity contribution in [1.82, 2.24) is 5.32 Å². The Morgan fingerprint density at radius 1 is 1.14 bits per heavy atom. The van der Waals surface area contributed by atoms with Crippen molar-refractivity contribution < 1.29 is 19.1 Å². The van der Waals surface area contributed by atoms with Gasteiger partial charge in [0.15, 0.2) is 6.61 Å². The third-order valence-electron chi connectivity index (χ3n) is 3.96. The number of hydrogen-bond donors (Lipinski definition) is 1. The fraction of sp³-hybridized carbons (Fsp3) is 0.765. The van der Waals surface area contributed by atoms with Crippen LogP contribution in [0.5, 0.6) is 0 Å². The molecule has 124 valence electrons. The fourth-order valence-electron chi connectivity index (χ4n) is 2.71. The standard InChI is InChI=1S/C17H27NO4/c1-3-5-6-7-10-14-21-15(19)17(11-8-9-12-17)18-16(20)22-13-4-2/h2H,3,5-14H2,1H3,(H,18,20). The molecule has 0 unspecified atom stereocenters. The van der Waals surface area contributed by atoms with Gasteiger partial charge in [-0.2, -0.15) is 0 Å². The van der Waals surface area contributed by atoms with Crippen molar-refractivity contribution in [2.75, 3.05) is 13.2 Å². The number of hydrogen-bond acceptors (Lipinski definition) is 4. The number of ether oxygens (including phenoxy) is 2. The highest BCUT2D eigenvalue weighted by molar-refractivity contribution is 5.86. The molecule has 0 aromatic rings. The van der Waals surface area contributed by atoms with Crippen LogP contribution >= 0.6 is 0 Å². The van der Waals surface area contributed by atoms with E-state index in [1.165, 1.54) is 12.8 Å². The van der Waals surface area contributed by atoms with E-state index in [4.69, 9.17) is 15.9 Å². The predicted octanol–water partition coefficient (Wildman–Crippen LogP) is 3.17. The van der Waals surface area contributed by atoms with Gasteiger partial charge in [0.1, 0.15) is 5.54 Å². The summed E-state index contributed by atoms with van der Waals surface area (Å²) in [7, 11) is 0. The van der Waals surface area contributed by atoms with Crippen molar-refractivity contribution in [1.29, 1.82) is 0 Å². The van der Waals surface area contributed by atoms with Crippen molar-refractivity contribution >= 4 is 12.1 Å². The van der Waals surface area contributed by atoms with Gasteiger partial charge in [0.2, 0.25) is 0 Å². The summed E-state index contributed by atoms with van der Waals surface area (Å²) in [6.07, 6.45) is 12.8. The van der Waals surface area contributed by atoms with Crippen molar-refractivity contribution in [2.45, 2.75) is 70.3 Å². The molecular formula is C17H27NO4. The maximum atomic E-state index is 12.3. The minimum atomic E-state index is -0.935. The molecule has 1 aliphatic carbocycles. The molecule has 0 aliphatic heterocycles. The largest absolute Gasteiger partial charge is 0.464 e. The van der Waals surface area contributed by atoms with E-state index in [1.54, 1.807) is 0 Å². The molecule has 0 aromatic heterocycles. The van der Waals surface area contributed by atoms with Crippen LogP contribution < -0.4 is 5.32 Å². The van der Waals surface area contributed by atoms with Crippen LogP contribution in [-0.2, 0) is 14.3 Å². The Morgan fingerprint density at radius 2 is 1.82 bits per heavy atom. The van der Waals surface area contributed by atoms with Crippen molar-refractivity contribution in [3.05, 3.63) is 0 Å². The van der Waals surface area contributed by atoms with Gasteiger partial charge in [0.05, 0.1) is 6.61 Å². The molecular weight excluding hydrogens is 282 g/mol. The lowest BCUT2D eigenvalue weighted by molar-refractivity contribution is -0.151. The average molecular weight is 309 g/mol. The van der Waals surface area contributed by atoms with Gasteiger partial charge in [-0.25, -0.2) is 9.59 Å². The molecule has 5 heteroatoms. The van der Waals surface area contributed by atoms with Crippen LogP contribution in [0.2, 0.25) is 0 Å². The molecule has 22 heavy (non-hydrogen) atoms. The number of carbonyl (C=O) groups is 2. The number of rotatable bonds is 9. The van der Waals surface area contributed by atoms with Crippen LogP contribution in [0.15, 0.2) is 0 Å². The SMILES string of the molecule is C#CCOC(=O)NC1(C(=O)OCCCCCCC)CCCC1. The van der Waals surface area contributed by atoms with Gasteiger partial charge in [-0.3, -0.25) is 0 Å². The first kappa shape index (κ1) is 18.3. The zero-order valence-electron chi connectivity index (χ0n) is 13.5. The molecule has 1 aliphatic rings. The number of nitrogens with one attached hydrogen (secondary N) is 1. The van der Waals surface area contributed by atoms with E-state index in [2.05, 4.69) is 18.2 Å². The number of terminal acetylenes is 1. The maximum absolute atomic E-state index is 12.3. The Labute approximate surface area is 133 Å². The predicted molar refractivity (Wildman–Crippen MR) is 84.2 cm³/mol. The van der Waals surface area contributed by atoms with E-state index < -0.39 is 11.6 Å². The van der Waals surface area contributed by atoms with Crippen LogP contribution in [-0.4, -0.2) is 30.8 Å². The first-order valence-electron chi connectivity index (χ1n) is 8.20. The van der Waals surface area contributed by atoms with Gasteiger partial charge in [0.25, 0.3) is 0 Å². The zero-order valence-corrected chi connectivity index (χ0v) is 13.5. The molecule has 0 aromatic carbocycles. The highest BCUT2D eigenvalue weighted by Crippen LogP contribution is 2.31. The Hall–Kier alpha value is -1.70. The van der Waals surface area contributed by atoms with Crippen LogP contribution in [0, 0.1) is 12.3 Å². The van der Waals surface area contributed by atoms with Gasteiger partial charge in [-0.15, -0.1) is 6.42 Å². The number of amides is 1. The van der Waals surface area contributed by atoms with E-state index in [0.29, 0.717) is 19.4 Å². The summed E-state index contributed by atoms with van der Waals surface area (Å²) in [5.41, 5.74) is -0.935. The summed E-state index contributed by atoms with van der Waals surface area (Å²) in [5, 5.41) is 2.66. The molecule has 0 saturated heterocycles. The molecule has 1 saturated carbocycles. The number of alkyl carbamates (subject to hydrolysis) is 1. The normalized spacial score (nSPS) is 15.8. The summed E-state index contributed by atoms with van der Waals surface area (Å²) in [5.74, 6) is 1.88. The molecule has 1 N–H and O–H groups in total. The smallest absolute Gasteiger partial charge is 0.409 e. The molecule has 1 fully saturated rings. The molecule has 0 heterocycles. The van der Waals surface area contributed by atoms with E-state index in [0.717, 1.165) is 32.1 Å². The molecule has 0 atom stereocenters. The topological polar surface area (TPSA) is 64.6 Å². The summed E-state index contributed by atoms with van der Waals surface area (Å²) in [6, 6.07) is 0. The molecule has 0 radical (unpaired) electrons. The highest BCUT2D eigenvalue weighted by Gasteiger charge is 2.44. The lowest BCUT2D eigenvalue weighted by atomic mass is 9.98. The van der Waals surface area contributed by atoms with Gasteiger partial charge in [-0.1, -0.05) is 51.4 Å². The van der Waals surface area contributed by atoms with E-state index >= 15 is 0 Å². The van der Waals surface area contributed by atoms with Crippen LogP contribution in [0.3, 0.4) is 0 Å². The maximum Gasteiger partial charge on any atom is 0.409 e. The van der Waals surface area contributed by atoms with Crippen molar-refractivity contribution in [3.8, 4) is 12.3 Å². The first-order chi connectivity index (χ1) is 10.6. The Bertz CT molecular complexity index is 394. The summed E-state index contributed by atoms with van der Waals surface area (Å²) < 4.78 is 10.2. The number of esters is 1. The fourth-order valence-corrected chi connectivity index (χ4v) is 2.71. The molecule has 0 spiro atoms. The molecule has 1 amide bonds. The Morgan fingerprint density at radius 3 is 2.45 bits per heavy atom. The van der Waals surface area contributed by atoms with E-state index in [1.807, 2.05) is 0 Å². The van der Waals surface area contributed by atoms with Crippen LogP contribution in [0.1, 0.15) is 64.7 Å². The molecule has 0 bridgehead atoms. The quantitative estimate of drug-likeness (QED) is 0.403. The zero-order chi connectivity index (χ0) is 16.3. The van der Waals surface area contributed by atoms with E-state index in [-0.39, 0.29) is 12.6 Å². The average Bonchev–Trinajstić information content (AvgIpc) is 2.98. The monoisotopic (exact) mass is 309 g/mol. The summed E-state index contributed by atoms with van der Waals surface area (Å²) in [6.45, 7) is 2.47. The first-order valence-corrected chi connectivity index (χ1v) is 8.20. The molecule has 5 nitrogen and oxygen atoms in total. The second-order valence-corrected chi connectivity index (χ2v) is 5.74. The second-order valence-electron chi connectivity index (χ2n) is 5.74. The number of carbonyl (C=O) groups excluding carboxylic acids is 2. The van der Waals surface area contributed by atoms with Gasteiger partial charge >= 0.3 is 12.1 Å². The van der Waals surface area contributed by atoms with Gasteiger partial charge in [-0.05, 0) is 19.3 Å². The van der Waals surface area contributed by atoms with Crippen LogP contribution in [0.4, 0.5) is 4.79 Å². The van der Waals surface area contributed by atoms with Gasteiger partial charge < -0.3 is 14.8 Å². The third-order valence-corrected chi connectivity index (χ3v) is 3.96. The second kappa shape index (κ2) is 10.1. The van der Waals surface area contributed by atoms with Crippen molar-refractivity contribution in [2.24, 2.45) is 0 Å². The van der Waals surface area contributed by atoms with E-state index in [9.17, 15) is 9.59 Å². The molecule has 1 rings (SSSR count). The minimum absolute atomic E-state index is 0.103. The van der Waals surface area contributed by atoms with Gasteiger partial charge in [0, 0.05) is 0 Å². The highest BCUT2D eigenvalue weighted by atomic mass is 16.6. The Kier molecular flexibility index (Phi) is 8.42. The lowest BCUT2D eigenvalue weighted by Crippen LogP contribution is -2.53. The third kappa shape index (κ3) is 5.97. The summed E-state index contributed by atoms with van der Waals surface area (Å²) in [4.78, 5) is 24.0. The lowest BCUT2D eigenvalue weighted by Gasteiger charge is -2.27. The Balaban J connectivity index is 2.39. The van der Waals surface area contributed by atoms with Crippen LogP contribution in [0.25, 0.3) is 0 Å². The number of unbranched alkanes of at least 4 members (excludes halogenated alkanes) is 4. The van der Waals surface area contributed by atoms with Crippen molar-refractivity contribution in [3.63, 3.8) is 0 Å². The minimum Gasteiger partial charge on any atom is -0.464 e. The summed E-state index contributed by atoms with van der Waals surface area (Å²) >= 11 is 0.